The van der Waals surface area contributed by atoms with Crippen LogP contribution in [0, 0.1) is 0 Å². The van der Waals surface area contributed by atoms with Crippen molar-refractivity contribution in [1.29, 1.82) is 0 Å². The molecular weight excluding hydrogens is 151 g/mol. The van der Waals surface area contributed by atoms with Gasteiger partial charge in [0.05, 0.1) is 0 Å². The van der Waals surface area contributed by atoms with Crippen LogP contribution in [-0.4, -0.2) is 25.7 Å². The number of rotatable bonds is 6. The van der Waals surface area contributed by atoms with Crippen LogP contribution >= 0.6 is 7.26 Å². The van der Waals surface area contributed by atoms with Crippen LogP contribution in [0.4, 0.5) is 0 Å². The summed E-state index contributed by atoms with van der Waals surface area (Å²) >= 11 is 0. The zero-order chi connectivity index (χ0) is 8.74. The van der Waals surface area contributed by atoms with E-state index in [1.807, 2.05) is 0 Å². The third kappa shape index (κ3) is 6.81. The van der Waals surface area contributed by atoms with Gasteiger partial charge in [0.1, 0.15) is 0 Å². The van der Waals surface area contributed by atoms with Crippen molar-refractivity contribution in [2.75, 3.05) is 25.7 Å². The number of hydrogen-bond donors (Lipinski definition) is 0. The Morgan fingerprint density at radius 2 is 1.18 bits per heavy atom. The van der Waals surface area contributed by atoms with Crippen molar-refractivity contribution in [3.05, 3.63) is 0 Å². The van der Waals surface area contributed by atoms with Gasteiger partial charge in [0.15, 0.2) is 0 Å². The van der Waals surface area contributed by atoms with E-state index in [0.29, 0.717) is 0 Å². The summed E-state index contributed by atoms with van der Waals surface area (Å²) in [5.74, 6) is 0. The molecule has 0 heterocycles. The summed E-state index contributed by atoms with van der Waals surface area (Å²) in [7, 11) is -0.745. The molecule has 70 valence electrons. The summed E-state index contributed by atoms with van der Waals surface area (Å²) in [6.07, 6.45) is 8.77. The molecule has 0 aliphatic rings. The molecule has 0 radical (unpaired) electrons. The molecule has 0 rings (SSSR count). The van der Waals surface area contributed by atoms with E-state index < -0.39 is 7.26 Å². The molecule has 0 bridgehead atoms. The van der Waals surface area contributed by atoms with E-state index in [2.05, 4.69) is 27.2 Å². The Morgan fingerprint density at radius 1 is 0.818 bits per heavy atom. The van der Waals surface area contributed by atoms with Gasteiger partial charge >= 0.3 is 72.4 Å². The van der Waals surface area contributed by atoms with E-state index >= 15 is 0 Å². The molecule has 1 heteroatoms. The van der Waals surface area contributed by atoms with Crippen molar-refractivity contribution < 1.29 is 0 Å². The van der Waals surface area contributed by atoms with Crippen molar-refractivity contribution in [3.63, 3.8) is 0 Å². The van der Waals surface area contributed by atoms with Gasteiger partial charge in [-0.25, -0.2) is 0 Å². The van der Waals surface area contributed by atoms with Gasteiger partial charge in [0.2, 0.25) is 0 Å². The van der Waals surface area contributed by atoms with E-state index in [4.69, 9.17) is 0 Å². The van der Waals surface area contributed by atoms with Gasteiger partial charge in [-0.1, -0.05) is 0 Å². The maximum absolute atomic E-state index is 2.54. The average Bonchev–Trinajstić information content (AvgIpc) is 1.97. The van der Waals surface area contributed by atoms with Crippen LogP contribution in [0.3, 0.4) is 0 Å². The zero-order valence-electron chi connectivity index (χ0n) is 8.74. The third-order valence-electron chi connectivity index (χ3n) is 2.41. The Balaban J connectivity index is 3.43. The molecule has 0 nitrogen and oxygen atoms in total. The molecule has 0 aliphatic heterocycles. The van der Waals surface area contributed by atoms with Crippen LogP contribution in [0.15, 0.2) is 0 Å². The van der Waals surface area contributed by atoms with Crippen LogP contribution in [0.25, 0.3) is 0 Å². The Kier molecular flexibility index (Phi) is 6.24. The van der Waals surface area contributed by atoms with Gasteiger partial charge in [-0.15, -0.1) is 0 Å². The Morgan fingerprint density at radius 3 is 1.45 bits per heavy atom. The summed E-state index contributed by atoms with van der Waals surface area (Å²) in [5, 5.41) is 0. The Hall–Kier alpha value is 0.430. The molecular formula is C10H25P. The molecule has 0 fully saturated rings. The van der Waals surface area contributed by atoms with Gasteiger partial charge in [-0.2, -0.15) is 0 Å². The summed E-state index contributed by atoms with van der Waals surface area (Å²) in [4.78, 5) is 0. The first-order valence-corrected chi connectivity index (χ1v) is 8.54. The monoisotopic (exact) mass is 176 g/mol. The predicted octanol–water partition coefficient (Wildman–Crippen LogP) is 3.60. The summed E-state index contributed by atoms with van der Waals surface area (Å²) < 4.78 is 0. The first kappa shape index (κ1) is 11.4. The molecule has 0 saturated carbocycles. The van der Waals surface area contributed by atoms with Crippen molar-refractivity contribution >= 4 is 7.26 Å². The van der Waals surface area contributed by atoms with E-state index in [9.17, 15) is 0 Å². The molecule has 0 aliphatic carbocycles. The molecule has 0 aromatic carbocycles. The molecule has 0 N–H and O–H groups in total. The second-order valence-corrected chi connectivity index (χ2v) is 9.70. The van der Waals surface area contributed by atoms with E-state index in [1.54, 1.807) is 12.3 Å². The van der Waals surface area contributed by atoms with Crippen LogP contribution in [0.2, 0.25) is 0 Å². The number of hydrogen-bond acceptors (Lipinski definition) is 0. The van der Waals surface area contributed by atoms with Gasteiger partial charge in [0, 0.05) is 0 Å². The molecule has 0 unspecified atom stereocenters. The predicted molar refractivity (Wildman–Crippen MR) is 59.7 cm³/mol. The minimum absolute atomic E-state index is 0.745. The van der Waals surface area contributed by atoms with Crippen molar-refractivity contribution in [2.24, 2.45) is 0 Å². The molecule has 0 aromatic heterocycles. The fourth-order valence-corrected chi connectivity index (χ4v) is 4.31. The van der Waals surface area contributed by atoms with Crippen LogP contribution < -0.4 is 0 Å². The third-order valence-corrected chi connectivity index (χ3v) is 5.83. The summed E-state index contributed by atoms with van der Waals surface area (Å²) in [6, 6.07) is 0. The fraction of sp³-hybridized carbons (Fsp3) is 1.00. The second kappa shape index (κ2) is 6.00. The van der Waals surface area contributed by atoms with Gasteiger partial charge < -0.3 is 0 Å². The Bertz CT molecular complexity index is 76.9. The summed E-state index contributed by atoms with van der Waals surface area (Å²) in [6.45, 7) is 9.67. The van der Waals surface area contributed by atoms with E-state index in [1.165, 1.54) is 25.7 Å². The second-order valence-electron chi connectivity index (χ2n) is 4.37. The van der Waals surface area contributed by atoms with Crippen LogP contribution in [0.5, 0.6) is 0 Å². The average molecular weight is 176 g/mol. The molecule has 0 spiro atoms. The van der Waals surface area contributed by atoms with E-state index in [-0.39, 0.29) is 0 Å². The molecule has 0 atom stereocenters. The quantitative estimate of drug-likeness (QED) is 0.542. The zero-order valence-corrected chi connectivity index (χ0v) is 9.74. The standard InChI is InChI=1S/C10H25P/c1-5-7-9-11(3,4)10-8-6-2/h11H,5-10H2,1-4H3. The molecule has 0 saturated heterocycles. The van der Waals surface area contributed by atoms with Gasteiger partial charge in [0.25, 0.3) is 0 Å². The maximum atomic E-state index is 2.54. The first-order chi connectivity index (χ1) is 5.12. The number of unbranched alkanes of at least 4 members (excludes halogenated alkanes) is 2. The molecule has 11 heavy (non-hydrogen) atoms. The topological polar surface area (TPSA) is 0 Å². The van der Waals surface area contributed by atoms with E-state index in [0.717, 1.165) is 0 Å². The summed E-state index contributed by atoms with van der Waals surface area (Å²) in [5.41, 5.74) is 0. The fourth-order valence-electron chi connectivity index (χ4n) is 1.44. The normalized spacial score (nSPS) is 13.5. The Labute approximate surface area is 73.1 Å². The van der Waals surface area contributed by atoms with Crippen molar-refractivity contribution in [3.8, 4) is 0 Å². The van der Waals surface area contributed by atoms with Crippen LogP contribution in [-0.2, 0) is 0 Å². The van der Waals surface area contributed by atoms with Crippen LogP contribution in [0.1, 0.15) is 39.5 Å². The first-order valence-electron chi connectivity index (χ1n) is 5.12. The minimum atomic E-state index is -0.745. The van der Waals surface area contributed by atoms with Crippen molar-refractivity contribution in [1.82, 2.24) is 0 Å². The van der Waals surface area contributed by atoms with Crippen molar-refractivity contribution in [2.45, 2.75) is 39.5 Å². The molecule has 0 aromatic rings. The molecule has 0 amide bonds. The van der Waals surface area contributed by atoms with Gasteiger partial charge in [-0.05, 0) is 0 Å². The van der Waals surface area contributed by atoms with Gasteiger partial charge in [-0.3, -0.25) is 0 Å². The SMILES string of the molecule is CCCC[PH](C)(C)CCCC.